The smallest absolute Gasteiger partial charge is 0.221 e. The highest BCUT2D eigenvalue weighted by Crippen LogP contribution is 2.31. The Morgan fingerprint density at radius 2 is 1.88 bits per heavy atom. The molecule has 1 aromatic carbocycles. The van der Waals surface area contributed by atoms with E-state index in [1.165, 1.54) is 0 Å². The van der Waals surface area contributed by atoms with Crippen molar-refractivity contribution < 1.29 is 13.2 Å². The highest BCUT2D eigenvalue weighted by atomic mass is 32.2. The first-order chi connectivity index (χ1) is 11.7. The number of benzene rings is 1. The third kappa shape index (κ3) is 4.49. The van der Waals surface area contributed by atoms with Gasteiger partial charge in [-0.25, -0.2) is 8.42 Å². The van der Waals surface area contributed by atoms with Gasteiger partial charge in [0.15, 0.2) is 0 Å². The lowest BCUT2D eigenvalue weighted by atomic mass is 10.0. The molecule has 1 aromatic rings. The second kappa shape index (κ2) is 7.98. The van der Waals surface area contributed by atoms with Crippen LogP contribution >= 0.6 is 12.6 Å². The van der Waals surface area contributed by atoms with Crippen molar-refractivity contribution in [1.29, 1.82) is 0 Å². The van der Waals surface area contributed by atoms with Crippen LogP contribution in [0, 0.1) is 5.92 Å². The van der Waals surface area contributed by atoms with Crippen LogP contribution in [0.1, 0.15) is 26.3 Å². The first-order valence-electron chi connectivity index (χ1n) is 8.33. The molecule has 0 fully saturated rings. The zero-order valence-electron chi connectivity index (χ0n) is 15.2. The van der Waals surface area contributed by atoms with Gasteiger partial charge in [-0.15, -0.1) is 0 Å². The zero-order chi connectivity index (χ0) is 18.7. The topological polar surface area (TPSA) is 46.6 Å². The van der Waals surface area contributed by atoms with Gasteiger partial charge in [-0.3, -0.25) is 0 Å². The van der Waals surface area contributed by atoms with Gasteiger partial charge in [-0.05, 0) is 37.5 Å². The molecule has 0 aliphatic heterocycles. The van der Waals surface area contributed by atoms with Gasteiger partial charge in [-0.2, -0.15) is 16.9 Å². The number of allylic oxidation sites excluding steroid dienone is 2. The van der Waals surface area contributed by atoms with Crippen LogP contribution < -0.4 is 0 Å². The maximum atomic E-state index is 13.5. The molecule has 0 saturated carbocycles. The summed E-state index contributed by atoms with van der Waals surface area (Å²) in [7, 11) is -1.99. The standard InChI is InChI=1S/C19H27NO3S2/c1-15-12-17(23-4)10-11-18(15)25(21,22)20(19(2,3)14-24)13-16-8-6-5-7-9-16/h5-12,15,18,24H,13-14H2,1-4H3. The van der Waals surface area contributed by atoms with Crippen molar-refractivity contribution in [3.63, 3.8) is 0 Å². The molecule has 2 unspecified atom stereocenters. The van der Waals surface area contributed by atoms with Crippen LogP contribution in [0.25, 0.3) is 0 Å². The molecule has 0 N–H and O–H groups in total. The monoisotopic (exact) mass is 381 g/mol. The van der Waals surface area contributed by atoms with E-state index in [9.17, 15) is 8.42 Å². The molecule has 0 amide bonds. The number of methoxy groups -OCH3 is 1. The Morgan fingerprint density at radius 3 is 2.40 bits per heavy atom. The molecule has 4 nitrogen and oxygen atoms in total. The number of thiol groups is 1. The first-order valence-corrected chi connectivity index (χ1v) is 10.5. The number of nitrogens with zero attached hydrogens (tertiary/aromatic N) is 1. The van der Waals surface area contributed by atoms with E-state index in [4.69, 9.17) is 4.74 Å². The second-order valence-corrected chi connectivity index (χ2v) is 9.30. The maximum absolute atomic E-state index is 13.5. The highest BCUT2D eigenvalue weighted by molar-refractivity contribution is 7.90. The van der Waals surface area contributed by atoms with E-state index in [2.05, 4.69) is 12.6 Å². The van der Waals surface area contributed by atoms with E-state index in [1.54, 1.807) is 23.6 Å². The summed E-state index contributed by atoms with van der Waals surface area (Å²) in [6, 6.07) is 9.66. The van der Waals surface area contributed by atoms with Crippen LogP contribution in [-0.2, 0) is 21.3 Å². The Bertz CT molecular complexity index is 739. The second-order valence-electron chi connectivity index (χ2n) is 6.96. The predicted molar refractivity (Wildman–Crippen MR) is 106 cm³/mol. The number of sulfonamides is 1. The van der Waals surface area contributed by atoms with E-state index in [1.807, 2.05) is 57.2 Å². The van der Waals surface area contributed by atoms with E-state index in [-0.39, 0.29) is 5.92 Å². The average molecular weight is 382 g/mol. The Hall–Kier alpha value is -1.24. The van der Waals surface area contributed by atoms with Crippen LogP contribution in [0.3, 0.4) is 0 Å². The van der Waals surface area contributed by atoms with E-state index in [0.29, 0.717) is 18.1 Å². The molecule has 6 heteroatoms. The van der Waals surface area contributed by atoms with Crippen molar-refractivity contribution in [2.45, 2.75) is 38.1 Å². The number of hydrogen-bond donors (Lipinski definition) is 1. The first kappa shape index (κ1) is 20.1. The fourth-order valence-corrected chi connectivity index (χ4v) is 5.45. The van der Waals surface area contributed by atoms with Gasteiger partial charge in [0.1, 0.15) is 11.0 Å². The number of rotatable bonds is 7. The molecular weight excluding hydrogens is 354 g/mol. The van der Waals surface area contributed by atoms with Gasteiger partial charge < -0.3 is 4.74 Å². The minimum atomic E-state index is -3.58. The molecule has 1 aliphatic carbocycles. The van der Waals surface area contributed by atoms with Gasteiger partial charge >= 0.3 is 0 Å². The summed E-state index contributed by atoms with van der Waals surface area (Å²) in [4.78, 5) is 0. The molecule has 0 saturated heterocycles. The summed E-state index contributed by atoms with van der Waals surface area (Å²) in [5.41, 5.74) is 0.359. The molecular formula is C19H27NO3S2. The van der Waals surface area contributed by atoms with E-state index in [0.717, 1.165) is 5.56 Å². The van der Waals surface area contributed by atoms with Gasteiger partial charge in [0.2, 0.25) is 10.0 Å². The lowest BCUT2D eigenvalue weighted by Gasteiger charge is -2.39. The zero-order valence-corrected chi connectivity index (χ0v) is 16.9. The molecule has 138 valence electrons. The van der Waals surface area contributed by atoms with Crippen molar-refractivity contribution in [2.75, 3.05) is 12.9 Å². The van der Waals surface area contributed by atoms with Crippen LogP contribution in [-0.4, -0.2) is 36.4 Å². The minimum absolute atomic E-state index is 0.168. The minimum Gasteiger partial charge on any atom is -0.497 e. The van der Waals surface area contributed by atoms with Crippen molar-refractivity contribution in [1.82, 2.24) is 4.31 Å². The Balaban J connectivity index is 2.39. The Labute approximate surface area is 157 Å². The van der Waals surface area contributed by atoms with E-state index < -0.39 is 20.8 Å². The Kier molecular flexibility index (Phi) is 6.40. The van der Waals surface area contributed by atoms with Crippen molar-refractivity contribution in [2.24, 2.45) is 5.92 Å². The van der Waals surface area contributed by atoms with Crippen molar-refractivity contribution in [3.05, 3.63) is 59.9 Å². The van der Waals surface area contributed by atoms with Gasteiger partial charge in [0.25, 0.3) is 0 Å². The molecule has 2 rings (SSSR count). The Morgan fingerprint density at radius 1 is 1.24 bits per heavy atom. The van der Waals surface area contributed by atoms with Crippen molar-refractivity contribution >= 4 is 22.7 Å². The van der Waals surface area contributed by atoms with Gasteiger partial charge in [0, 0.05) is 17.8 Å². The van der Waals surface area contributed by atoms with Crippen molar-refractivity contribution in [3.8, 4) is 0 Å². The summed E-state index contributed by atoms with van der Waals surface area (Å²) in [6.45, 7) is 6.05. The molecule has 0 heterocycles. The maximum Gasteiger partial charge on any atom is 0.221 e. The molecule has 0 radical (unpaired) electrons. The summed E-state index contributed by atoms with van der Waals surface area (Å²) in [6.07, 6.45) is 5.32. The molecule has 25 heavy (non-hydrogen) atoms. The molecule has 0 aromatic heterocycles. The summed E-state index contributed by atoms with van der Waals surface area (Å²) < 4.78 is 33.7. The van der Waals surface area contributed by atoms with Crippen LogP contribution in [0.15, 0.2) is 54.3 Å². The third-order valence-electron chi connectivity index (χ3n) is 4.51. The molecule has 0 bridgehead atoms. The normalized spacial score (nSPS) is 21.3. The average Bonchev–Trinajstić information content (AvgIpc) is 2.59. The SMILES string of the molecule is COC1=CC(C)C(S(=O)(=O)N(Cc2ccccc2)C(C)(C)CS)C=C1. The van der Waals surface area contributed by atoms with E-state index >= 15 is 0 Å². The summed E-state index contributed by atoms with van der Waals surface area (Å²) >= 11 is 4.40. The fraction of sp³-hybridized carbons (Fsp3) is 0.474. The third-order valence-corrected chi connectivity index (χ3v) is 7.80. The predicted octanol–water partition coefficient (Wildman–Crippen LogP) is 3.63. The van der Waals surface area contributed by atoms with Crippen LogP contribution in [0.4, 0.5) is 0 Å². The molecule has 2 atom stereocenters. The van der Waals surface area contributed by atoms with Crippen LogP contribution in [0.2, 0.25) is 0 Å². The van der Waals surface area contributed by atoms with Gasteiger partial charge in [-0.1, -0.05) is 43.3 Å². The lowest BCUT2D eigenvalue weighted by Crippen LogP contribution is -2.52. The molecule has 0 spiro atoms. The van der Waals surface area contributed by atoms with Crippen LogP contribution in [0.5, 0.6) is 0 Å². The lowest BCUT2D eigenvalue weighted by molar-refractivity contribution is 0.244. The number of hydrogen-bond acceptors (Lipinski definition) is 4. The highest BCUT2D eigenvalue weighted by Gasteiger charge is 2.41. The summed E-state index contributed by atoms with van der Waals surface area (Å²) in [5.74, 6) is 0.962. The fourth-order valence-electron chi connectivity index (χ4n) is 2.90. The molecule has 1 aliphatic rings. The van der Waals surface area contributed by atoms with Gasteiger partial charge in [0.05, 0.1) is 7.11 Å². The number of ether oxygens (including phenoxy) is 1. The summed E-state index contributed by atoms with van der Waals surface area (Å²) in [5, 5.41) is -0.616. The largest absolute Gasteiger partial charge is 0.497 e. The quantitative estimate of drug-likeness (QED) is 0.734.